The molecule has 1 aliphatic heterocycles. The topological polar surface area (TPSA) is 58.1 Å². The Labute approximate surface area is 143 Å². The predicted molar refractivity (Wildman–Crippen MR) is 96.5 cm³/mol. The number of anilines is 2. The zero-order valence-electron chi connectivity index (χ0n) is 14.5. The third-order valence-electron chi connectivity index (χ3n) is 4.62. The van der Waals surface area contributed by atoms with E-state index in [1.54, 1.807) is 6.07 Å². The van der Waals surface area contributed by atoms with Crippen LogP contribution in [0.4, 0.5) is 11.5 Å². The molecule has 0 bridgehead atoms. The molecule has 5 heteroatoms. The summed E-state index contributed by atoms with van der Waals surface area (Å²) < 4.78 is 0. The van der Waals surface area contributed by atoms with Crippen LogP contribution < -0.4 is 10.2 Å². The first-order valence-corrected chi connectivity index (χ1v) is 8.48. The molecule has 0 atom stereocenters. The van der Waals surface area contributed by atoms with Crippen molar-refractivity contribution in [3.63, 3.8) is 0 Å². The van der Waals surface area contributed by atoms with Gasteiger partial charge in [-0.05, 0) is 44.2 Å². The number of benzene rings is 1. The van der Waals surface area contributed by atoms with Gasteiger partial charge < -0.3 is 10.2 Å². The minimum Gasteiger partial charge on any atom is -0.356 e. The van der Waals surface area contributed by atoms with Crippen molar-refractivity contribution in [2.45, 2.75) is 33.6 Å². The number of carbonyl (C=O) groups is 1. The molecule has 0 unspecified atom stereocenters. The van der Waals surface area contributed by atoms with Crippen molar-refractivity contribution in [1.82, 2.24) is 9.97 Å². The highest BCUT2D eigenvalue weighted by atomic mass is 16.1. The van der Waals surface area contributed by atoms with E-state index in [0.717, 1.165) is 48.9 Å². The maximum absolute atomic E-state index is 12.5. The Morgan fingerprint density at radius 2 is 1.92 bits per heavy atom. The molecule has 1 aliphatic rings. The molecule has 1 aromatic heterocycles. The summed E-state index contributed by atoms with van der Waals surface area (Å²) in [5, 5.41) is 2.94. The highest BCUT2D eigenvalue weighted by Gasteiger charge is 2.18. The van der Waals surface area contributed by atoms with Gasteiger partial charge in [-0.15, -0.1) is 0 Å². The van der Waals surface area contributed by atoms with Gasteiger partial charge in [-0.1, -0.05) is 24.6 Å². The van der Waals surface area contributed by atoms with E-state index in [0.29, 0.717) is 5.69 Å². The Morgan fingerprint density at radius 1 is 1.17 bits per heavy atom. The van der Waals surface area contributed by atoms with Gasteiger partial charge in [0, 0.05) is 24.8 Å². The second-order valence-corrected chi connectivity index (χ2v) is 6.70. The Morgan fingerprint density at radius 3 is 2.62 bits per heavy atom. The predicted octanol–water partition coefficient (Wildman–Crippen LogP) is 3.58. The number of nitrogens with zero attached hydrogens (tertiary/aromatic N) is 3. The second kappa shape index (κ2) is 6.99. The minimum atomic E-state index is -0.198. The van der Waals surface area contributed by atoms with E-state index in [-0.39, 0.29) is 5.91 Å². The SMILES string of the molecule is Cc1ccc(NC(=O)c2cc(N3CCC(C)CC3)ncn2)c(C)c1. The third-order valence-corrected chi connectivity index (χ3v) is 4.62. The zero-order valence-corrected chi connectivity index (χ0v) is 14.5. The molecule has 2 aromatic rings. The quantitative estimate of drug-likeness (QED) is 0.937. The smallest absolute Gasteiger partial charge is 0.274 e. The van der Waals surface area contributed by atoms with Crippen LogP contribution in [0.5, 0.6) is 0 Å². The normalized spacial score (nSPS) is 15.4. The molecule has 24 heavy (non-hydrogen) atoms. The lowest BCUT2D eigenvalue weighted by Gasteiger charge is -2.31. The molecule has 2 heterocycles. The van der Waals surface area contributed by atoms with Crippen LogP contribution in [0, 0.1) is 19.8 Å². The van der Waals surface area contributed by atoms with E-state index >= 15 is 0 Å². The van der Waals surface area contributed by atoms with E-state index < -0.39 is 0 Å². The summed E-state index contributed by atoms with van der Waals surface area (Å²) in [5.74, 6) is 1.40. The summed E-state index contributed by atoms with van der Waals surface area (Å²) in [6, 6.07) is 7.75. The molecule has 0 spiro atoms. The van der Waals surface area contributed by atoms with Crippen LogP contribution >= 0.6 is 0 Å². The summed E-state index contributed by atoms with van der Waals surface area (Å²) in [5.41, 5.74) is 3.44. The van der Waals surface area contributed by atoms with E-state index in [1.165, 1.54) is 11.9 Å². The molecule has 5 nitrogen and oxygen atoms in total. The standard InChI is InChI=1S/C19H24N4O/c1-13-6-8-23(9-7-13)18-11-17(20-12-21-18)19(24)22-16-5-4-14(2)10-15(16)3/h4-5,10-13H,6-9H2,1-3H3,(H,22,24). The Hall–Kier alpha value is -2.43. The molecular formula is C19H24N4O. The molecule has 1 amide bonds. The van der Waals surface area contributed by atoms with Gasteiger partial charge in [0.2, 0.25) is 0 Å². The monoisotopic (exact) mass is 324 g/mol. The number of nitrogens with one attached hydrogen (secondary N) is 1. The average Bonchev–Trinajstić information content (AvgIpc) is 2.58. The Kier molecular flexibility index (Phi) is 4.79. The van der Waals surface area contributed by atoms with Crippen molar-refractivity contribution in [2.24, 2.45) is 5.92 Å². The molecule has 1 aromatic carbocycles. The summed E-state index contributed by atoms with van der Waals surface area (Å²) in [7, 11) is 0. The lowest BCUT2D eigenvalue weighted by molar-refractivity contribution is 0.102. The van der Waals surface area contributed by atoms with Crippen LogP contribution in [0.25, 0.3) is 0 Å². The van der Waals surface area contributed by atoms with Crippen molar-refractivity contribution in [3.8, 4) is 0 Å². The molecule has 0 aliphatic carbocycles. The van der Waals surface area contributed by atoms with E-state index in [1.807, 2.05) is 26.0 Å². The largest absolute Gasteiger partial charge is 0.356 e. The first-order valence-electron chi connectivity index (χ1n) is 8.48. The zero-order chi connectivity index (χ0) is 17.1. The first-order chi connectivity index (χ1) is 11.5. The molecule has 3 rings (SSSR count). The number of hydrogen-bond donors (Lipinski definition) is 1. The van der Waals surface area contributed by atoms with Gasteiger partial charge in [0.1, 0.15) is 17.8 Å². The third kappa shape index (κ3) is 3.72. The number of hydrogen-bond acceptors (Lipinski definition) is 4. The molecule has 0 radical (unpaired) electrons. The molecule has 1 fully saturated rings. The molecule has 1 saturated heterocycles. The van der Waals surface area contributed by atoms with Crippen LogP contribution in [-0.4, -0.2) is 29.0 Å². The van der Waals surface area contributed by atoms with Gasteiger partial charge in [0.15, 0.2) is 0 Å². The van der Waals surface area contributed by atoms with E-state index in [2.05, 4.69) is 33.2 Å². The number of aromatic nitrogens is 2. The number of amides is 1. The highest BCUT2D eigenvalue weighted by Crippen LogP contribution is 2.22. The maximum atomic E-state index is 12.5. The minimum absolute atomic E-state index is 0.198. The van der Waals surface area contributed by atoms with Crippen LogP contribution in [0.3, 0.4) is 0 Å². The number of rotatable bonds is 3. The van der Waals surface area contributed by atoms with Crippen LogP contribution in [0.15, 0.2) is 30.6 Å². The number of piperidine rings is 1. The lowest BCUT2D eigenvalue weighted by atomic mass is 9.99. The summed E-state index contributed by atoms with van der Waals surface area (Å²) in [6.45, 7) is 8.27. The van der Waals surface area contributed by atoms with Gasteiger partial charge in [0.05, 0.1) is 0 Å². The molecule has 126 valence electrons. The number of aryl methyl sites for hydroxylation is 2. The fourth-order valence-corrected chi connectivity index (χ4v) is 3.02. The van der Waals surface area contributed by atoms with E-state index in [9.17, 15) is 4.79 Å². The second-order valence-electron chi connectivity index (χ2n) is 6.70. The summed E-state index contributed by atoms with van der Waals surface area (Å²) >= 11 is 0. The first kappa shape index (κ1) is 16.4. The molecule has 1 N–H and O–H groups in total. The summed E-state index contributed by atoms with van der Waals surface area (Å²) in [4.78, 5) is 23.2. The fourth-order valence-electron chi connectivity index (χ4n) is 3.02. The summed E-state index contributed by atoms with van der Waals surface area (Å²) in [6.07, 6.45) is 3.80. The van der Waals surface area contributed by atoms with Gasteiger partial charge in [0.25, 0.3) is 5.91 Å². The van der Waals surface area contributed by atoms with Gasteiger partial charge in [-0.3, -0.25) is 4.79 Å². The fraction of sp³-hybridized carbons (Fsp3) is 0.421. The lowest BCUT2D eigenvalue weighted by Crippen LogP contribution is -2.33. The maximum Gasteiger partial charge on any atom is 0.274 e. The van der Waals surface area contributed by atoms with Gasteiger partial charge in [-0.25, -0.2) is 9.97 Å². The van der Waals surface area contributed by atoms with Gasteiger partial charge in [-0.2, -0.15) is 0 Å². The Balaban J connectivity index is 1.74. The van der Waals surface area contributed by atoms with E-state index in [4.69, 9.17) is 0 Å². The van der Waals surface area contributed by atoms with Gasteiger partial charge >= 0.3 is 0 Å². The average molecular weight is 324 g/mol. The molecular weight excluding hydrogens is 300 g/mol. The van der Waals surface area contributed by atoms with Crippen LogP contribution in [-0.2, 0) is 0 Å². The van der Waals surface area contributed by atoms with Crippen molar-refractivity contribution in [1.29, 1.82) is 0 Å². The van der Waals surface area contributed by atoms with Crippen LogP contribution in [0.2, 0.25) is 0 Å². The van der Waals surface area contributed by atoms with Crippen molar-refractivity contribution in [2.75, 3.05) is 23.3 Å². The molecule has 0 saturated carbocycles. The van der Waals surface area contributed by atoms with Crippen molar-refractivity contribution in [3.05, 3.63) is 47.4 Å². The van der Waals surface area contributed by atoms with Crippen LogP contribution in [0.1, 0.15) is 41.4 Å². The van der Waals surface area contributed by atoms with Crippen molar-refractivity contribution < 1.29 is 4.79 Å². The Bertz CT molecular complexity index is 736. The number of carbonyl (C=O) groups excluding carboxylic acids is 1. The highest BCUT2D eigenvalue weighted by molar-refractivity contribution is 6.03. The van der Waals surface area contributed by atoms with Crippen molar-refractivity contribution >= 4 is 17.4 Å².